The van der Waals surface area contributed by atoms with Gasteiger partial charge in [0.25, 0.3) is 0 Å². The predicted octanol–water partition coefficient (Wildman–Crippen LogP) is 5.10. The number of phosphoric ester groups is 1. The lowest BCUT2D eigenvalue weighted by Crippen LogP contribution is -2.60. The molecule has 4 aromatic rings. The van der Waals surface area contributed by atoms with Crippen molar-refractivity contribution in [1.82, 2.24) is 4.98 Å². The van der Waals surface area contributed by atoms with E-state index in [1.54, 1.807) is 17.4 Å². The average Bonchev–Trinajstić information content (AvgIpc) is 3.48. The molecule has 0 radical (unpaired) electrons. The van der Waals surface area contributed by atoms with Crippen LogP contribution >= 0.6 is 19.2 Å². The minimum Gasteiger partial charge on any atom is -0.494 e. The Balaban J connectivity index is 1.18. The van der Waals surface area contributed by atoms with Crippen molar-refractivity contribution in [3.05, 3.63) is 70.3 Å². The number of phosphoric acid groups is 1. The van der Waals surface area contributed by atoms with Crippen LogP contribution in [-0.4, -0.2) is 78.7 Å². The molecule has 1 atom stereocenters. The van der Waals surface area contributed by atoms with Gasteiger partial charge in [0.05, 0.1) is 51.5 Å². The minimum absolute atomic E-state index is 0.0135. The lowest BCUT2D eigenvalue weighted by Gasteiger charge is -2.45. The van der Waals surface area contributed by atoms with Gasteiger partial charge >= 0.3 is 7.82 Å². The van der Waals surface area contributed by atoms with Gasteiger partial charge in [-0.05, 0) is 72.8 Å². The molecule has 0 saturated carbocycles. The van der Waals surface area contributed by atoms with Crippen LogP contribution in [0.1, 0.15) is 25.7 Å². The highest BCUT2D eigenvalue weighted by Gasteiger charge is 2.36. The fraction of sp³-hybridized carbons (Fsp3) is 0.433. The number of aromatic nitrogens is 1. The van der Waals surface area contributed by atoms with Crippen LogP contribution < -0.4 is 15.2 Å². The van der Waals surface area contributed by atoms with E-state index >= 15 is 0 Å². The third kappa shape index (κ3) is 7.99. The number of fused-ring (bicyclic) bond motifs is 2. The molecule has 0 aliphatic carbocycles. The number of benzene rings is 2. The van der Waals surface area contributed by atoms with Crippen LogP contribution in [0.5, 0.6) is 5.75 Å². The molecule has 2 aromatic carbocycles. The van der Waals surface area contributed by atoms with Crippen molar-refractivity contribution < 1.29 is 32.8 Å². The second-order valence-electron chi connectivity index (χ2n) is 10.7. The first-order valence-electron chi connectivity index (χ1n) is 14.4. The highest BCUT2D eigenvalue weighted by atomic mass is 32.1. The van der Waals surface area contributed by atoms with Gasteiger partial charge in [0.1, 0.15) is 5.75 Å². The van der Waals surface area contributed by atoms with Crippen LogP contribution in [0.15, 0.2) is 64.8 Å². The van der Waals surface area contributed by atoms with Crippen molar-refractivity contribution in [2.24, 2.45) is 0 Å². The maximum absolute atomic E-state index is 12.6. The first-order chi connectivity index (χ1) is 20.4. The molecular weight excluding hydrogens is 577 g/mol. The molecule has 3 heterocycles. The number of anilines is 1. The highest BCUT2D eigenvalue weighted by molar-refractivity contribution is 7.47. The lowest BCUT2D eigenvalue weighted by atomic mass is 10.1. The number of aliphatic hydroxyl groups is 1. The average molecular weight is 617 g/mol. The summed E-state index contributed by atoms with van der Waals surface area (Å²) in [6.45, 7) is 4.59. The molecule has 0 spiro atoms. The van der Waals surface area contributed by atoms with Crippen LogP contribution in [0.4, 0.5) is 5.69 Å². The van der Waals surface area contributed by atoms with Crippen LogP contribution in [0, 0.1) is 0 Å². The smallest absolute Gasteiger partial charge is 0.476 e. The zero-order valence-electron chi connectivity index (χ0n) is 23.7. The summed E-state index contributed by atoms with van der Waals surface area (Å²) in [5, 5.41) is 13.3. The molecule has 42 heavy (non-hydrogen) atoms. The molecular formula is C30H39N3O7PS+. The molecule has 0 bridgehead atoms. The van der Waals surface area contributed by atoms with E-state index in [0.29, 0.717) is 29.7 Å². The van der Waals surface area contributed by atoms with Gasteiger partial charge in [-0.15, -0.1) is 11.3 Å². The molecule has 10 nitrogen and oxygen atoms in total. The van der Waals surface area contributed by atoms with Gasteiger partial charge in [0.2, 0.25) is 5.56 Å². The number of rotatable bonds is 15. The van der Waals surface area contributed by atoms with Crippen LogP contribution in [-0.2, 0) is 13.6 Å². The number of thiophene rings is 1. The maximum Gasteiger partial charge on any atom is 0.476 e. The monoisotopic (exact) mass is 616 g/mol. The van der Waals surface area contributed by atoms with E-state index in [9.17, 15) is 14.3 Å². The van der Waals surface area contributed by atoms with E-state index in [-0.39, 0.29) is 25.5 Å². The van der Waals surface area contributed by atoms with E-state index in [1.165, 1.54) is 21.8 Å². The van der Waals surface area contributed by atoms with E-state index < -0.39 is 7.82 Å². The zero-order valence-corrected chi connectivity index (χ0v) is 25.4. The largest absolute Gasteiger partial charge is 0.494 e. The zero-order chi connectivity index (χ0) is 29.4. The van der Waals surface area contributed by atoms with Crippen LogP contribution in [0.3, 0.4) is 0 Å². The van der Waals surface area contributed by atoms with Gasteiger partial charge in [-0.25, -0.2) is 9.09 Å². The normalized spacial score (nSPS) is 16.6. The first-order valence-corrected chi connectivity index (χ1v) is 16.8. The molecule has 226 valence electrons. The second kappa shape index (κ2) is 14.1. The van der Waals surface area contributed by atoms with Gasteiger partial charge in [0.15, 0.2) is 6.73 Å². The molecule has 1 aliphatic heterocycles. The third-order valence-corrected chi connectivity index (χ3v) is 9.63. The molecule has 0 amide bonds. The minimum atomic E-state index is -4.21. The number of piperazine rings is 1. The van der Waals surface area contributed by atoms with Gasteiger partial charge < -0.3 is 24.6 Å². The molecule has 3 N–H and O–H groups in total. The molecule has 2 aromatic heterocycles. The van der Waals surface area contributed by atoms with Gasteiger partial charge in [-0.1, -0.05) is 6.07 Å². The molecule has 12 heteroatoms. The number of ether oxygens (including phenoxy) is 1. The Kier molecular flexibility index (Phi) is 10.3. The number of aromatic amines is 1. The quantitative estimate of drug-likeness (QED) is 0.0959. The fourth-order valence-electron chi connectivity index (χ4n) is 5.39. The topological polar surface area (TPSA) is 121 Å². The summed E-state index contributed by atoms with van der Waals surface area (Å²) < 4.78 is 31.1. The SMILES string of the molecule is O=c1ccc2ccc(OCCCC[N+]3(COP(=O)(O)OCCCCO)CCN(c4cccc5sccc45)CC3)cc2[nH]1. The number of H-pyrrole nitrogens is 1. The lowest BCUT2D eigenvalue weighted by molar-refractivity contribution is -0.943. The van der Waals surface area contributed by atoms with Crippen molar-refractivity contribution in [3.8, 4) is 5.75 Å². The summed E-state index contributed by atoms with van der Waals surface area (Å²) >= 11 is 1.74. The third-order valence-electron chi connectivity index (χ3n) is 7.80. The standard InChI is InChI=1S/C30H38N3O7PS/c34-18-2-4-20-39-41(36,37)40-23-33(16-13-32(14-17-33)28-6-5-7-29-26(28)12-21-42-29)15-1-3-19-38-25-10-8-24-9-11-30(35)31-27(24)22-25/h5-12,21-22,34H,1-4,13-20,23H2,(H-,31,35,36,37)/p+1. The summed E-state index contributed by atoms with van der Waals surface area (Å²) in [7, 11) is -4.21. The number of hydrogen-bond acceptors (Lipinski definition) is 8. The van der Waals surface area contributed by atoms with Crippen molar-refractivity contribution in [2.75, 3.05) is 64.2 Å². The predicted molar refractivity (Wildman–Crippen MR) is 166 cm³/mol. The van der Waals surface area contributed by atoms with Crippen LogP contribution in [0.25, 0.3) is 21.0 Å². The summed E-state index contributed by atoms with van der Waals surface area (Å²) in [6.07, 6.45) is 2.64. The highest BCUT2D eigenvalue weighted by Crippen LogP contribution is 2.44. The number of pyridine rings is 1. The second-order valence-corrected chi connectivity index (χ2v) is 13.1. The Hall–Kier alpha value is -2.76. The maximum atomic E-state index is 12.6. The molecule has 5 rings (SSSR count). The number of quaternary nitrogens is 1. The number of nitrogens with one attached hydrogen (secondary N) is 1. The van der Waals surface area contributed by atoms with Crippen molar-refractivity contribution in [2.45, 2.75) is 25.7 Å². The molecule has 1 saturated heterocycles. The van der Waals surface area contributed by atoms with Gasteiger partial charge in [-0.2, -0.15) is 0 Å². The van der Waals surface area contributed by atoms with Crippen molar-refractivity contribution in [1.29, 1.82) is 0 Å². The fourth-order valence-corrected chi connectivity index (χ4v) is 7.02. The summed E-state index contributed by atoms with van der Waals surface area (Å²) in [4.78, 5) is 27.2. The Morgan fingerprint density at radius 2 is 1.79 bits per heavy atom. The number of unbranched alkanes of at least 4 members (excludes halogenated alkanes) is 2. The number of hydrogen-bond donors (Lipinski definition) is 3. The first kappa shape index (κ1) is 30.7. The Morgan fingerprint density at radius 1 is 0.976 bits per heavy atom. The van der Waals surface area contributed by atoms with E-state index in [4.69, 9.17) is 18.9 Å². The van der Waals surface area contributed by atoms with E-state index in [0.717, 1.165) is 56.5 Å². The number of aliphatic hydroxyl groups excluding tert-OH is 1. The molecule has 1 fully saturated rings. The Bertz CT molecular complexity index is 1570. The summed E-state index contributed by atoms with van der Waals surface area (Å²) in [6, 6.07) is 17.5. The van der Waals surface area contributed by atoms with Gasteiger partial charge in [-0.3, -0.25) is 13.8 Å². The van der Waals surface area contributed by atoms with E-state index in [2.05, 4.69) is 39.5 Å². The van der Waals surface area contributed by atoms with Crippen molar-refractivity contribution >= 4 is 45.8 Å². The Labute approximate surface area is 249 Å². The number of nitrogens with zero attached hydrogens (tertiary/aromatic N) is 2. The summed E-state index contributed by atoms with van der Waals surface area (Å²) in [5.41, 5.74) is 1.81. The van der Waals surface area contributed by atoms with E-state index in [1.807, 2.05) is 18.2 Å². The van der Waals surface area contributed by atoms with Crippen LogP contribution in [0.2, 0.25) is 0 Å². The Morgan fingerprint density at radius 3 is 2.62 bits per heavy atom. The molecule has 1 unspecified atom stereocenters. The van der Waals surface area contributed by atoms with Gasteiger partial charge in [0, 0.05) is 34.5 Å². The molecule has 1 aliphatic rings. The van der Waals surface area contributed by atoms with Crippen molar-refractivity contribution in [3.63, 3.8) is 0 Å². The summed E-state index contributed by atoms with van der Waals surface area (Å²) in [5.74, 6) is 0.701.